The molecular formula is C22H19F3N6O3. The van der Waals surface area contributed by atoms with Gasteiger partial charge in [0.15, 0.2) is 5.65 Å². The van der Waals surface area contributed by atoms with E-state index in [4.69, 9.17) is 14.6 Å². The lowest BCUT2D eigenvalue weighted by Gasteiger charge is -2.17. The normalized spacial score (nSPS) is 14.1. The van der Waals surface area contributed by atoms with Gasteiger partial charge in [-0.1, -0.05) is 12.1 Å². The minimum absolute atomic E-state index is 0.0745. The van der Waals surface area contributed by atoms with E-state index in [0.717, 1.165) is 12.1 Å². The summed E-state index contributed by atoms with van der Waals surface area (Å²) in [6.45, 7) is -2.82. The molecule has 12 heteroatoms. The standard InChI is InChI=1S/C22H19F3N6O3/c1-12(13-4-3-5-16(8-13)34-22(23,24)25)28-19(32)17-9-15(11-27-20(17)33-2)14-6-7-31-18(10-14)29-21(26)30-31/h3-12H,1-2H3,(H2,26,30)(H,28,32)/t12-/m1/s1/i1D3. The van der Waals surface area contributed by atoms with Crippen LogP contribution in [-0.4, -0.2) is 39.0 Å². The Balaban J connectivity index is 1.68. The van der Waals surface area contributed by atoms with Crippen molar-refractivity contribution in [2.45, 2.75) is 19.3 Å². The Kier molecular flexibility index (Phi) is 5.00. The molecule has 1 atom stereocenters. The van der Waals surface area contributed by atoms with Gasteiger partial charge >= 0.3 is 6.36 Å². The van der Waals surface area contributed by atoms with Crippen molar-refractivity contribution in [3.63, 3.8) is 0 Å². The molecule has 0 unspecified atom stereocenters. The monoisotopic (exact) mass is 475 g/mol. The summed E-state index contributed by atoms with van der Waals surface area (Å²) in [6, 6.07) is 7.49. The summed E-state index contributed by atoms with van der Waals surface area (Å²) in [7, 11) is 1.28. The zero-order chi connectivity index (χ0) is 27.0. The highest BCUT2D eigenvalue weighted by molar-refractivity contribution is 5.97. The number of rotatable bonds is 6. The fraction of sp³-hybridized carbons (Fsp3) is 0.182. The molecule has 34 heavy (non-hydrogen) atoms. The largest absolute Gasteiger partial charge is 0.573 e. The number of hydrogen-bond donors (Lipinski definition) is 2. The van der Waals surface area contributed by atoms with Crippen LogP contribution in [0, 0.1) is 0 Å². The number of alkyl halides is 3. The number of nitrogens with two attached hydrogens (primary N) is 1. The van der Waals surface area contributed by atoms with Gasteiger partial charge in [-0.05, 0) is 48.3 Å². The third-order valence-electron chi connectivity index (χ3n) is 4.68. The van der Waals surface area contributed by atoms with E-state index in [9.17, 15) is 18.0 Å². The maximum Gasteiger partial charge on any atom is 0.573 e. The quantitative estimate of drug-likeness (QED) is 0.436. The summed E-state index contributed by atoms with van der Waals surface area (Å²) in [6.07, 6.45) is -1.92. The predicted octanol–water partition coefficient (Wildman–Crippen LogP) is 3.77. The van der Waals surface area contributed by atoms with Gasteiger partial charge in [0.1, 0.15) is 11.3 Å². The number of methoxy groups -OCH3 is 1. The molecular weight excluding hydrogens is 453 g/mol. The zero-order valence-electron chi connectivity index (χ0n) is 20.5. The molecule has 0 saturated heterocycles. The molecule has 3 aromatic heterocycles. The molecule has 0 radical (unpaired) electrons. The van der Waals surface area contributed by atoms with Gasteiger partial charge in [-0.2, -0.15) is 4.98 Å². The Morgan fingerprint density at radius 3 is 2.79 bits per heavy atom. The van der Waals surface area contributed by atoms with Crippen LogP contribution in [-0.2, 0) is 0 Å². The van der Waals surface area contributed by atoms with Gasteiger partial charge in [0.25, 0.3) is 5.91 Å². The Labute approximate surface area is 195 Å². The van der Waals surface area contributed by atoms with E-state index in [-0.39, 0.29) is 23.0 Å². The van der Waals surface area contributed by atoms with E-state index < -0.39 is 30.9 Å². The number of amides is 1. The van der Waals surface area contributed by atoms with Gasteiger partial charge in [0.2, 0.25) is 11.8 Å². The lowest BCUT2D eigenvalue weighted by Crippen LogP contribution is -2.27. The molecule has 0 fully saturated rings. The van der Waals surface area contributed by atoms with E-state index in [2.05, 4.69) is 25.1 Å². The highest BCUT2D eigenvalue weighted by Crippen LogP contribution is 2.28. The summed E-state index contributed by atoms with van der Waals surface area (Å²) >= 11 is 0. The van der Waals surface area contributed by atoms with E-state index in [1.165, 1.54) is 36.0 Å². The lowest BCUT2D eigenvalue weighted by atomic mass is 10.1. The second-order valence-electron chi connectivity index (χ2n) is 7.00. The number of aromatic nitrogens is 4. The van der Waals surface area contributed by atoms with Crippen molar-refractivity contribution in [3.8, 4) is 22.8 Å². The molecule has 0 aliphatic heterocycles. The number of fused-ring (bicyclic) bond motifs is 1. The van der Waals surface area contributed by atoms with Crippen molar-refractivity contribution in [3.05, 3.63) is 66.0 Å². The van der Waals surface area contributed by atoms with E-state index in [0.29, 0.717) is 16.8 Å². The average Bonchev–Trinajstić information content (AvgIpc) is 3.19. The summed E-state index contributed by atoms with van der Waals surface area (Å²) in [5.74, 6) is -1.51. The highest BCUT2D eigenvalue weighted by atomic mass is 19.4. The van der Waals surface area contributed by atoms with Crippen LogP contribution < -0.4 is 20.5 Å². The Hall–Kier alpha value is -4.35. The van der Waals surface area contributed by atoms with Crippen LogP contribution in [0.1, 0.15) is 32.9 Å². The second-order valence-corrected chi connectivity index (χ2v) is 7.00. The first-order chi connectivity index (χ1) is 17.3. The minimum Gasteiger partial charge on any atom is -0.480 e. The van der Waals surface area contributed by atoms with E-state index in [1.54, 1.807) is 18.3 Å². The van der Waals surface area contributed by atoms with Gasteiger partial charge in [0, 0.05) is 22.1 Å². The Morgan fingerprint density at radius 2 is 2.06 bits per heavy atom. The molecule has 0 spiro atoms. The van der Waals surface area contributed by atoms with Crippen molar-refractivity contribution >= 4 is 17.5 Å². The maximum absolute atomic E-state index is 13.2. The molecule has 4 rings (SSSR count). The molecule has 0 bridgehead atoms. The summed E-state index contributed by atoms with van der Waals surface area (Å²) in [5.41, 5.74) is 6.92. The maximum atomic E-state index is 13.2. The number of carbonyl (C=O) groups excluding carboxylic acids is 1. The minimum atomic E-state index is -4.97. The van der Waals surface area contributed by atoms with E-state index >= 15 is 0 Å². The summed E-state index contributed by atoms with van der Waals surface area (Å²) in [4.78, 5) is 21.5. The molecule has 0 saturated carbocycles. The third kappa shape index (κ3) is 5.00. The average molecular weight is 475 g/mol. The predicted molar refractivity (Wildman–Crippen MR) is 116 cm³/mol. The van der Waals surface area contributed by atoms with Crippen LogP contribution in [0.5, 0.6) is 11.6 Å². The van der Waals surface area contributed by atoms with Gasteiger partial charge in [-0.3, -0.25) is 4.79 Å². The second kappa shape index (κ2) is 8.89. The fourth-order valence-corrected chi connectivity index (χ4v) is 3.20. The van der Waals surface area contributed by atoms with Crippen LogP contribution in [0.25, 0.3) is 16.8 Å². The number of halogens is 3. The Morgan fingerprint density at radius 1 is 1.24 bits per heavy atom. The molecule has 1 aromatic carbocycles. The SMILES string of the molecule is [2H]C([2H])([2H])[C@@H](NC(=O)c1cc(-c2ccn3nc(N)nc3c2)cnc1OC)c1cccc(OC(F)(F)F)c1. The first-order valence-electron chi connectivity index (χ1n) is 11.2. The van der Waals surface area contributed by atoms with Crippen molar-refractivity contribution in [1.29, 1.82) is 0 Å². The number of nitrogen functional groups attached to an aromatic ring is 1. The van der Waals surface area contributed by atoms with Crippen molar-refractivity contribution in [1.82, 2.24) is 24.9 Å². The van der Waals surface area contributed by atoms with Gasteiger partial charge in [-0.15, -0.1) is 18.3 Å². The molecule has 0 aliphatic carbocycles. The molecule has 1 amide bonds. The Bertz CT molecular complexity index is 1460. The number of nitrogens with one attached hydrogen (secondary N) is 1. The molecule has 4 aromatic rings. The van der Waals surface area contributed by atoms with Gasteiger partial charge in [0.05, 0.1) is 13.2 Å². The van der Waals surface area contributed by atoms with Crippen molar-refractivity contribution in [2.24, 2.45) is 0 Å². The molecule has 176 valence electrons. The van der Waals surface area contributed by atoms with Crippen LogP contribution >= 0.6 is 0 Å². The van der Waals surface area contributed by atoms with Crippen LogP contribution in [0.3, 0.4) is 0 Å². The molecule has 0 aliphatic rings. The number of hydrogen-bond acceptors (Lipinski definition) is 7. The van der Waals surface area contributed by atoms with Crippen LogP contribution in [0.4, 0.5) is 19.1 Å². The number of pyridine rings is 2. The molecule has 3 N–H and O–H groups in total. The first-order valence-corrected chi connectivity index (χ1v) is 9.67. The van der Waals surface area contributed by atoms with Gasteiger partial charge in [-0.25, -0.2) is 9.50 Å². The fourth-order valence-electron chi connectivity index (χ4n) is 3.20. The van der Waals surface area contributed by atoms with Crippen molar-refractivity contribution in [2.75, 3.05) is 12.8 Å². The zero-order valence-corrected chi connectivity index (χ0v) is 17.5. The third-order valence-corrected chi connectivity index (χ3v) is 4.68. The van der Waals surface area contributed by atoms with E-state index in [1.807, 2.05) is 0 Å². The van der Waals surface area contributed by atoms with Crippen LogP contribution in [0.2, 0.25) is 0 Å². The lowest BCUT2D eigenvalue weighted by molar-refractivity contribution is -0.274. The smallest absolute Gasteiger partial charge is 0.480 e. The number of ether oxygens (including phenoxy) is 2. The van der Waals surface area contributed by atoms with Crippen molar-refractivity contribution < 1.29 is 31.6 Å². The number of benzene rings is 1. The number of nitrogens with zero attached hydrogens (tertiary/aromatic N) is 4. The summed E-state index contributed by atoms with van der Waals surface area (Å²) < 4.78 is 72.1. The molecule has 9 nitrogen and oxygen atoms in total. The topological polar surface area (TPSA) is 117 Å². The van der Waals surface area contributed by atoms with Gasteiger partial charge < -0.3 is 20.5 Å². The highest BCUT2D eigenvalue weighted by Gasteiger charge is 2.31. The molecule has 3 heterocycles. The summed E-state index contributed by atoms with van der Waals surface area (Å²) in [5, 5.41) is 6.36. The van der Waals surface area contributed by atoms with Crippen LogP contribution in [0.15, 0.2) is 54.9 Å². The number of anilines is 1. The first kappa shape index (κ1) is 19.1. The number of carbonyl (C=O) groups is 1.